The number of rotatable bonds is 8. The Balaban J connectivity index is 1.87. The Morgan fingerprint density at radius 3 is 2.95 bits per heavy atom. The highest BCUT2D eigenvalue weighted by Gasteiger charge is 2.24. The van der Waals surface area contributed by atoms with Crippen molar-refractivity contribution < 1.29 is 4.42 Å². The van der Waals surface area contributed by atoms with Crippen LogP contribution in [0.15, 0.2) is 10.5 Å². The molecule has 0 aromatic carbocycles. The fraction of sp³-hybridized carbons (Fsp3) is 0.765. The lowest BCUT2D eigenvalue weighted by atomic mass is 10.2. The van der Waals surface area contributed by atoms with Gasteiger partial charge in [0.2, 0.25) is 0 Å². The third kappa shape index (κ3) is 4.56. The lowest BCUT2D eigenvalue weighted by Gasteiger charge is -2.27. The molecule has 0 aliphatic carbocycles. The van der Waals surface area contributed by atoms with Crippen molar-refractivity contribution in [3.63, 3.8) is 0 Å². The lowest BCUT2D eigenvalue weighted by Crippen LogP contribution is -2.38. The number of nitrogens with one attached hydrogen (secondary N) is 1. The van der Waals surface area contributed by atoms with Crippen LogP contribution in [-0.4, -0.2) is 49.1 Å². The summed E-state index contributed by atoms with van der Waals surface area (Å²) in [5.41, 5.74) is 1.33. The van der Waals surface area contributed by atoms with Gasteiger partial charge in [-0.1, -0.05) is 13.8 Å². The highest BCUT2D eigenvalue weighted by atomic mass is 16.3. The molecule has 4 heteroatoms. The van der Waals surface area contributed by atoms with E-state index in [2.05, 4.69) is 49.0 Å². The molecule has 1 unspecified atom stereocenters. The molecule has 4 nitrogen and oxygen atoms in total. The van der Waals surface area contributed by atoms with E-state index >= 15 is 0 Å². The third-order valence-electron chi connectivity index (χ3n) is 4.49. The van der Waals surface area contributed by atoms with Crippen molar-refractivity contribution in [2.75, 3.05) is 33.2 Å². The molecule has 2 rings (SSSR count). The van der Waals surface area contributed by atoms with Crippen molar-refractivity contribution in [1.29, 1.82) is 0 Å². The van der Waals surface area contributed by atoms with Crippen LogP contribution in [0.5, 0.6) is 0 Å². The number of likely N-dealkylation sites (tertiary alicyclic amines) is 1. The van der Waals surface area contributed by atoms with E-state index in [-0.39, 0.29) is 0 Å². The highest BCUT2D eigenvalue weighted by Crippen LogP contribution is 2.20. The second-order valence-electron chi connectivity index (χ2n) is 6.20. The maximum Gasteiger partial charge on any atom is 0.118 e. The first-order valence-electron chi connectivity index (χ1n) is 8.35. The van der Waals surface area contributed by atoms with Crippen LogP contribution < -0.4 is 5.32 Å². The van der Waals surface area contributed by atoms with Gasteiger partial charge in [0.25, 0.3) is 0 Å². The second-order valence-corrected chi connectivity index (χ2v) is 6.20. The van der Waals surface area contributed by atoms with E-state index in [1.54, 1.807) is 0 Å². The SMILES string of the molecule is CCNCc1cc(CN(C)CC2CCCN2CC)c(C)o1. The van der Waals surface area contributed by atoms with Crippen LogP contribution >= 0.6 is 0 Å². The van der Waals surface area contributed by atoms with Crippen LogP contribution in [0, 0.1) is 6.92 Å². The summed E-state index contributed by atoms with van der Waals surface area (Å²) in [6.07, 6.45) is 2.69. The van der Waals surface area contributed by atoms with E-state index in [0.717, 1.165) is 43.7 Å². The van der Waals surface area contributed by atoms with Crippen LogP contribution in [0.1, 0.15) is 43.8 Å². The normalized spacial score (nSPS) is 19.8. The first-order valence-corrected chi connectivity index (χ1v) is 8.35. The number of furan rings is 1. The molecule has 0 radical (unpaired) electrons. The molecule has 1 aromatic heterocycles. The van der Waals surface area contributed by atoms with E-state index in [1.165, 1.54) is 31.5 Å². The first kappa shape index (κ1) is 16.5. The molecule has 1 atom stereocenters. The molecule has 1 N–H and O–H groups in total. The molecule has 0 saturated carbocycles. The molecule has 1 aliphatic heterocycles. The minimum atomic E-state index is 0.730. The van der Waals surface area contributed by atoms with Crippen molar-refractivity contribution in [3.05, 3.63) is 23.2 Å². The Morgan fingerprint density at radius 2 is 2.24 bits per heavy atom. The van der Waals surface area contributed by atoms with Crippen molar-refractivity contribution in [2.24, 2.45) is 0 Å². The summed E-state index contributed by atoms with van der Waals surface area (Å²) in [5, 5.41) is 3.32. The van der Waals surface area contributed by atoms with Gasteiger partial charge in [0.1, 0.15) is 11.5 Å². The predicted octanol–water partition coefficient (Wildman–Crippen LogP) is 2.61. The van der Waals surface area contributed by atoms with Gasteiger partial charge in [-0.25, -0.2) is 0 Å². The first-order chi connectivity index (χ1) is 10.1. The maximum absolute atomic E-state index is 5.83. The molecule has 1 aliphatic rings. The Labute approximate surface area is 129 Å². The zero-order valence-electron chi connectivity index (χ0n) is 14.1. The monoisotopic (exact) mass is 293 g/mol. The van der Waals surface area contributed by atoms with Gasteiger partial charge in [0.05, 0.1) is 6.54 Å². The molecule has 0 spiro atoms. The van der Waals surface area contributed by atoms with Gasteiger partial charge in [0.15, 0.2) is 0 Å². The lowest BCUT2D eigenvalue weighted by molar-refractivity contribution is 0.194. The smallest absolute Gasteiger partial charge is 0.118 e. The van der Waals surface area contributed by atoms with Crippen molar-refractivity contribution in [3.8, 4) is 0 Å². The van der Waals surface area contributed by atoms with E-state index < -0.39 is 0 Å². The summed E-state index contributed by atoms with van der Waals surface area (Å²) in [6, 6.07) is 2.94. The Hall–Kier alpha value is -0.840. The Kier molecular flexibility index (Phi) is 6.27. The molecule has 0 bridgehead atoms. The summed E-state index contributed by atoms with van der Waals surface area (Å²) in [4.78, 5) is 5.04. The maximum atomic E-state index is 5.83. The van der Waals surface area contributed by atoms with Crippen LogP contribution in [0.2, 0.25) is 0 Å². The molecule has 21 heavy (non-hydrogen) atoms. The largest absolute Gasteiger partial charge is 0.465 e. The fourth-order valence-electron chi connectivity index (χ4n) is 3.31. The zero-order chi connectivity index (χ0) is 15.2. The molecule has 1 fully saturated rings. The summed E-state index contributed by atoms with van der Waals surface area (Å²) < 4.78 is 5.83. The van der Waals surface area contributed by atoms with E-state index in [9.17, 15) is 0 Å². The molecule has 0 amide bonds. The summed E-state index contributed by atoms with van der Waals surface area (Å²) in [5.74, 6) is 2.11. The van der Waals surface area contributed by atoms with Gasteiger partial charge in [-0.2, -0.15) is 0 Å². The molecule has 1 aromatic rings. The van der Waals surface area contributed by atoms with Crippen LogP contribution in [0.3, 0.4) is 0 Å². The summed E-state index contributed by atoms with van der Waals surface area (Å²) >= 11 is 0. The predicted molar refractivity (Wildman–Crippen MR) is 87.4 cm³/mol. The molecule has 2 heterocycles. The van der Waals surface area contributed by atoms with E-state index in [1.807, 2.05) is 0 Å². The topological polar surface area (TPSA) is 31.6 Å². The van der Waals surface area contributed by atoms with Gasteiger partial charge in [-0.15, -0.1) is 0 Å². The summed E-state index contributed by atoms with van der Waals surface area (Å²) in [7, 11) is 2.22. The van der Waals surface area contributed by atoms with Crippen LogP contribution in [0.25, 0.3) is 0 Å². The van der Waals surface area contributed by atoms with Crippen LogP contribution in [-0.2, 0) is 13.1 Å². The van der Waals surface area contributed by atoms with E-state index in [0.29, 0.717) is 0 Å². The number of aryl methyl sites for hydroxylation is 1. The number of likely N-dealkylation sites (N-methyl/N-ethyl adjacent to an activating group) is 2. The quantitative estimate of drug-likeness (QED) is 0.798. The molecular weight excluding hydrogens is 262 g/mol. The highest BCUT2D eigenvalue weighted by molar-refractivity contribution is 5.20. The third-order valence-corrected chi connectivity index (χ3v) is 4.49. The minimum absolute atomic E-state index is 0.730. The van der Waals surface area contributed by atoms with Gasteiger partial charge in [0, 0.05) is 24.7 Å². The average molecular weight is 293 g/mol. The standard InChI is InChI=1S/C17H31N3O/c1-5-18-11-17-10-15(14(3)21-17)12-19(4)13-16-8-7-9-20(16)6-2/h10,16,18H,5-9,11-13H2,1-4H3. The van der Waals surface area contributed by atoms with Gasteiger partial charge in [-0.3, -0.25) is 4.90 Å². The number of hydrogen-bond donors (Lipinski definition) is 1. The Bertz CT molecular complexity index is 430. The zero-order valence-corrected chi connectivity index (χ0v) is 14.1. The van der Waals surface area contributed by atoms with Crippen LogP contribution in [0.4, 0.5) is 0 Å². The van der Waals surface area contributed by atoms with Gasteiger partial charge in [-0.05, 0) is 52.5 Å². The Morgan fingerprint density at radius 1 is 1.43 bits per heavy atom. The van der Waals surface area contributed by atoms with Crippen molar-refractivity contribution in [1.82, 2.24) is 15.1 Å². The molecule has 120 valence electrons. The minimum Gasteiger partial charge on any atom is -0.465 e. The summed E-state index contributed by atoms with van der Waals surface area (Å²) in [6.45, 7) is 12.8. The van der Waals surface area contributed by atoms with Crippen molar-refractivity contribution in [2.45, 2.75) is 52.7 Å². The molecule has 1 saturated heterocycles. The number of hydrogen-bond acceptors (Lipinski definition) is 4. The average Bonchev–Trinajstić information content (AvgIpc) is 3.03. The van der Waals surface area contributed by atoms with Gasteiger partial charge < -0.3 is 14.6 Å². The van der Waals surface area contributed by atoms with Gasteiger partial charge >= 0.3 is 0 Å². The van der Waals surface area contributed by atoms with E-state index in [4.69, 9.17) is 4.42 Å². The number of nitrogens with zero attached hydrogens (tertiary/aromatic N) is 2. The molecular formula is C17H31N3O. The fourth-order valence-corrected chi connectivity index (χ4v) is 3.31. The van der Waals surface area contributed by atoms with Crippen molar-refractivity contribution >= 4 is 0 Å². The second kappa shape index (κ2) is 7.97.